The van der Waals surface area contributed by atoms with E-state index in [4.69, 9.17) is 14.7 Å². The molecule has 0 aliphatic carbocycles. The second kappa shape index (κ2) is 5.21. The molecule has 1 heterocycles. The monoisotopic (exact) mass is 183 g/mol. The standard InChI is InChI=1S/C10H17NO2/c1-3-8(5-6-11)7-9-10(13-9)12-4-2/h8-10H,3-5,7H2,1-2H3. The molecule has 74 valence electrons. The maximum atomic E-state index is 8.55. The van der Waals surface area contributed by atoms with Crippen molar-refractivity contribution in [3.63, 3.8) is 0 Å². The van der Waals surface area contributed by atoms with Gasteiger partial charge in [-0.15, -0.1) is 0 Å². The van der Waals surface area contributed by atoms with Gasteiger partial charge < -0.3 is 9.47 Å². The average molecular weight is 183 g/mol. The van der Waals surface area contributed by atoms with Gasteiger partial charge in [0.25, 0.3) is 0 Å². The summed E-state index contributed by atoms with van der Waals surface area (Å²) < 4.78 is 10.6. The van der Waals surface area contributed by atoms with Gasteiger partial charge in [-0.1, -0.05) is 13.3 Å². The third kappa shape index (κ3) is 3.33. The lowest BCUT2D eigenvalue weighted by Gasteiger charge is -2.07. The molecule has 13 heavy (non-hydrogen) atoms. The summed E-state index contributed by atoms with van der Waals surface area (Å²) in [5.41, 5.74) is 0. The third-order valence-electron chi connectivity index (χ3n) is 2.39. The van der Waals surface area contributed by atoms with Crippen LogP contribution in [0.15, 0.2) is 0 Å². The van der Waals surface area contributed by atoms with E-state index in [1.807, 2.05) is 6.92 Å². The normalized spacial score (nSPS) is 28.1. The molecule has 1 aliphatic heterocycles. The van der Waals surface area contributed by atoms with Crippen LogP contribution in [0, 0.1) is 17.2 Å². The molecule has 0 aromatic heterocycles. The molecule has 3 heteroatoms. The Bertz CT molecular complexity index is 188. The summed E-state index contributed by atoms with van der Waals surface area (Å²) >= 11 is 0. The number of ether oxygens (including phenoxy) is 2. The van der Waals surface area contributed by atoms with Crippen LogP contribution in [0.4, 0.5) is 0 Å². The van der Waals surface area contributed by atoms with Gasteiger partial charge in [-0.25, -0.2) is 0 Å². The van der Waals surface area contributed by atoms with Gasteiger partial charge >= 0.3 is 0 Å². The molecule has 1 rings (SSSR count). The zero-order valence-electron chi connectivity index (χ0n) is 8.32. The summed E-state index contributed by atoms with van der Waals surface area (Å²) in [6.45, 7) is 4.78. The Morgan fingerprint density at radius 3 is 2.85 bits per heavy atom. The average Bonchev–Trinajstić information content (AvgIpc) is 2.84. The fourth-order valence-electron chi connectivity index (χ4n) is 1.46. The van der Waals surface area contributed by atoms with Crippen molar-refractivity contribution >= 4 is 0 Å². The van der Waals surface area contributed by atoms with Crippen molar-refractivity contribution in [1.82, 2.24) is 0 Å². The molecule has 3 nitrogen and oxygen atoms in total. The lowest BCUT2D eigenvalue weighted by atomic mass is 9.97. The first-order valence-corrected chi connectivity index (χ1v) is 4.95. The number of hydrogen-bond acceptors (Lipinski definition) is 3. The van der Waals surface area contributed by atoms with Gasteiger partial charge in [0, 0.05) is 13.0 Å². The molecular formula is C10H17NO2. The summed E-state index contributed by atoms with van der Waals surface area (Å²) in [5, 5.41) is 8.55. The minimum Gasteiger partial charge on any atom is -0.350 e. The van der Waals surface area contributed by atoms with Gasteiger partial charge in [-0.3, -0.25) is 0 Å². The minimum absolute atomic E-state index is 0.0118. The van der Waals surface area contributed by atoms with Crippen LogP contribution in [-0.4, -0.2) is 19.0 Å². The second-order valence-electron chi connectivity index (χ2n) is 3.37. The highest BCUT2D eigenvalue weighted by Gasteiger charge is 2.40. The van der Waals surface area contributed by atoms with Gasteiger partial charge in [-0.2, -0.15) is 5.26 Å². The highest BCUT2D eigenvalue weighted by Crippen LogP contribution is 2.31. The maximum absolute atomic E-state index is 8.55. The fraction of sp³-hybridized carbons (Fsp3) is 0.900. The van der Waals surface area contributed by atoms with E-state index in [9.17, 15) is 0 Å². The van der Waals surface area contributed by atoms with Crippen LogP contribution < -0.4 is 0 Å². The first-order valence-electron chi connectivity index (χ1n) is 4.95. The van der Waals surface area contributed by atoms with Crippen LogP contribution in [0.25, 0.3) is 0 Å². The molecule has 0 aromatic carbocycles. The van der Waals surface area contributed by atoms with Crippen molar-refractivity contribution < 1.29 is 9.47 Å². The zero-order valence-corrected chi connectivity index (χ0v) is 8.32. The number of nitrogens with zero attached hydrogens (tertiary/aromatic N) is 1. The summed E-state index contributed by atoms with van der Waals surface area (Å²) in [6.07, 6.45) is 2.91. The van der Waals surface area contributed by atoms with E-state index in [2.05, 4.69) is 13.0 Å². The summed E-state index contributed by atoms with van der Waals surface area (Å²) in [7, 11) is 0. The lowest BCUT2D eigenvalue weighted by molar-refractivity contribution is 0.0593. The molecule has 0 spiro atoms. The molecule has 1 saturated heterocycles. The van der Waals surface area contributed by atoms with Gasteiger partial charge in [-0.05, 0) is 19.3 Å². The van der Waals surface area contributed by atoms with E-state index in [0.29, 0.717) is 18.9 Å². The molecule has 0 aromatic rings. The maximum Gasteiger partial charge on any atom is 0.184 e. The van der Waals surface area contributed by atoms with Gasteiger partial charge in [0.2, 0.25) is 0 Å². The SMILES string of the molecule is CCOC1OC1CC(CC)CC#N. The Kier molecular flexibility index (Phi) is 4.20. The Hall–Kier alpha value is -0.590. The molecule has 0 bridgehead atoms. The van der Waals surface area contributed by atoms with Crippen molar-refractivity contribution in [1.29, 1.82) is 5.26 Å². The van der Waals surface area contributed by atoms with Crippen molar-refractivity contribution in [2.75, 3.05) is 6.61 Å². The first-order chi connectivity index (χ1) is 6.31. The van der Waals surface area contributed by atoms with Crippen molar-refractivity contribution in [3.8, 4) is 6.07 Å². The highest BCUT2D eigenvalue weighted by molar-refractivity contribution is 4.83. The second-order valence-corrected chi connectivity index (χ2v) is 3.37. The minimum atomic E-state index is 0.0118. The Balaban J connectivity index is 2.14. The largest absolute Gasteiger partial charge is 0.350 e. The molecule has 1 aliphatic rings. The number of nitriles is 1. The number of hydrogen-bond donors (Lipinski definition) is 0. The highest BCUT2D eigenvalue weighted by atomic mass is 16.8. The van der Waals surface area contributed by atoms with E-state index in [1.165, 1.54) is 0 Å². The Morgan fingerprint density at radius 1 is 1.54 bits per heavy atom. The molecule has 0 amide bonds. The summed E-state index contributed by atoms with van der Waals surface area (Å²) in [5.74, 6) is 0.473. The lowest BCUT2D eigenvalue weighted by Crippen LogP contribution is -2.06. The van der Waals surface area contributed by atoms with Crippen molar-refractivity contribution in [2.24, 2.45) is 5.92 Å². The van der Waals surface area contributed by atoms with Gasteiger partial charge in [0.1, 0.15) is 6.10 Å². The summed E-state index contributed by atoms with van der Waals surface area (Å²) in [6, 6.07) is 2.20. The molecular weight excluding hydrogens is 166 g/mol. The zero-order chi connectivity index (χ0) is 9.68. The molecule has 0 saturated carbocycles. The summed E-state index contributed by atoms with van der Waals surface area (Å²) in [4.78, 5) is 0. The Labute approximate surface area is 79.6 Å². The first kappa shape index (κ1) is 10.5. The number of rotatable bonds is 6. The van der Waals surface area contributed by atoms with Crippen LogP contribution in [0.5, 0.6) is 0 Å². The fourth-order valence-corrected chi connectivity index (χ4v) is 1.46. The van der Waals surface area contributed by atoms with Crippen LogP contribution in [0.3, 0.4) is 0 Å². The van der Waals surface area contributed by atoms with E-state index < -0.39 is 0 Å². The van der Waals surface area contributed by atoms with Gasteiger partial charge in [0.05, 0.1) is 6.07 Å². The predicted octanol–water partition coefficient (Wildman–Crippen LogP) is 2.08. The van der Waals surface area contributed by atoms with E-state index in [0.717, 1.165) is 12.8 Å². The van der Waals surface area contributed by atoms with Crippen LogP contribution in [0.2, 0.25) is 0 Å². The van der Waals surface area contributed by atoms with Crippen molar-refractivity contribution in [2.45, 2.75) is 45.5 Å². The van der Waals surface area contributed by atoms with Crippen LogP contribution in [0.1, 0.15) is 33.1 Å². The number of epoxide rings is 1. The molecule has 0 N–H and O–H groups in total. The third-order valence-corrected chi connectivity index (χ3v) is 2.39. The predicted molar refractivity (Wildman–Crippen MR) is 48.9 cm³/mol. The quantitative estimate of drug-likeness (QED) is 0.592. The Morgan fingerprint density at radius 2 is 2.31 bits per heavy atom. The van der Waals surface area contributed by atoms with Crippen LogP contribution >= 0.6 is 0 Å². The van der Waals surface area contributed by atoms with E-state index in [1.54, 1.807) is 0 Å². The van der Waals surface area contributed by atoms with Crippen molar-refractivity contribution in [3.05, 3.63) is 0 Å². The molecule has 3 unspecified atom stereocenters. The molecule has 1 fully saturated rings. The van der Waals surface area contributed by atoms with E-state index in [-0.39, 0.29) is 12.4 Å². The molecule has 0 radical (unpaired) electrons. The van der Waals surface area contributed by atoms with Crippen LogP contribution in [-0.2, 0) is 9.47 Å². The smallest absolute Gasteiger partial charge is 0.184 e. The topological polar surface area (TPSA) is 45.5 Å². The molecule has 3 atom stereocenters. The van der Waals surface area contributed by atoms with Gasteiger partial charge in [0.15, 0.2) is 6.29 Å². The van der Waals surface area contributed by atoms with E-state index >= 15 is 0 Å².